The van der Waals surface area contributed by atoms with Gasteiger partial charge in [0.15, 0.2) is 0 Å². The van der Waals surface area contributed by atoms with Crippen LogP contribution in [0.15, 0.2) is 0 Å². The molecule has 0 radical (unpaired) electrons. The van der Waals surface area contributed by atoms with Gasteiger partial charge in [-0.05, 0) is 88.8 Å². The molecule has 158 valence electrons. The van der Waals surface area contributed by atoms with Gasteiger partial charge >= 0.3 is 0 Å². The summed E-state index contributed by atoms with van der Waals surface area (Å²) in [4.78, 5) is 2.63. The number of halogens is 2. The zero-order chi connectivity index (χ0) is 17.6. The standard InChI is InChI=1S/C22H44N2.2ClH/c1-6-10-21(11-7-2)12-14-22(15-13-21)16-17-23-20(22)18-19(5)24(8-3)9-4;;/h19-20,23H,6-18H2,1-5H3;2*1H. The van der Waals surface area contributed by atoms with Gasteiger partial charge in [0.1, 0.15) is 0 Å². The minimum absolute atomic E-state index is 0. The van der Waals surface area contributed by atoms with Gasteiger partial charge in [-0.15, -0.1) is 24.8 Å². The summed E-state index contributed by atoms with van der Waals surface area (Å²) in [5, 5.41) is 3.92. The Bertz CT molecular complexity index is 355. The van der Waals surface area contributed by atoms with Crippen molar-refractivity contribution in [2.24, 2.45) is 10.8 Å². The number of rotatable bonds is 9. The minimum Gasteiger partial charge on any atom is -0.313 e. The topological polar surface area (TPSA) is 15.3 Å². The minimum atomic E-state index is 0. The highest BCUT2D eigenvalue weighted by molar-refractivity contribution is 5.85. The summed E-state index contributed by atoms with van der Waals surface area (Å²) in [5.74, 6) is 0. The summed E-state index contributed by atoms with van der Waals surface area (Å²) in [6.07, 6.45) is 14.4. The maximum absolute atomic E-state index is 3.92. The van der Waals surface area contributed by atoms with Crippen molar-refractivity contribution in [3.8, 4) is 0 Å². The van der Waals surface area contributed by atoms with Crippen molar-refractivity contribution in [1.29, 1.82) is 0 Å². The van der Waals surface area contributed by atoms with Gasteiger partial charge < -0.3 is 10.2 Å². The van der Waals surface area contributed by atoms with Gasteiger partial charge in [-0.1, -0.05) is 40.5 Å². The predicted molar refractivity (Wildman–Crippen MR) is 121 cm³/mol. The molecule has 1 heterocycles. The number of hydrogen-bond acceptors (Lipinski definition) is 2. The third kappa shape index (κ3) is 6.00. The molecule has 26 heavy (non-hydrogen) atoms. The molecule has 2 nitrogen and oxygen atoms in total. The molecule has 1 saturated carbocycles. The highest BCUT2D eigenvalue weighted by atomic mass is 35.5. The molecule has 1 N–H and O–H groups in total. The van der Waals surface area contributed by atoms with Crippen LogP contribution in [0.5, 0.6) is 0 Å². The van der Waals surface area contributed by atoms with Crippen LogP contribution < -0.4 is 5.32 Å². The lowest BCUT2D eigenvalue weighted by atomic mass is 9.58. The van der Waals surface area contributed by atoms with E-state index >= 15 is 0 Å². The van der Waals surface area contributed by atoms with E-state index in [0.717, 1.165) is 6.04 Å². The van der Waals surface area contributed by atoms with Gasteiger partial charge in [0.2, 0.25) is 0 Å². The fourth-order valence-electron chi connectivity index (χ4n) is 6.12. The van der Waals surface area contributed by atoms with Gasteiger partial charge in [0.25, 0.3) is 0 Å². The largest absolute Gasteiger partial charge is 0.313 e. The average molecular weight is 410 g/mol. The second-order valence-corrected chi connectivity index (χ2v) is 8.93. The normalized spacial score (nSPS) is 24.9. The highest BCUT2D eigenvalue weighted by Crippen LogP contribution is 2.54. The first kappa shape index (κ1) is 26.5. The molecule has 2 atom stereocenters. The second-order valence-electron chi connectivity index (χ2n) is 8.93. The first-order valence-electron chi connectivity index (χ1n) is 11.0. The Kier molecular flexibility index (Phi) is 12.4. The zero-order valence-corrected chi connectivity index (χ0v) is 19.7. The molecule has 1 aliphatic heterocycles. The monoisotopic (exact) mass is 408 g/mol. The fraction of sp³-hybridized carbons (Fsp3) is 1.00. The molecular formula is C22H46Cl2N2. The van der Waals surface area contributed by atoms with Crippen molar-refractivity contribution in [2.45, 2.75) is 111 Å². The van der Waals surface area contributed by atoms with Crippen LogP contribution in [-0.2, 0) is 0 Å². The van der Waals surface area contributed by atoms with E-state index in [9.17, 15) is 0 Å². The lowest BCUT2D eigenvalue weighted by molar-refractivity contribution is 0.0425. The van der Waals surface area contributed by atoms with E-state index in [2.05, 4.69) is 44.8 Å². The average Bonchev–Trinajstić information content (AvgIpc) is 2.95. The summed E-state index contributed by atoms with van der Waals surface area (Å²) in [6, 6.07) is 1.47. The quantitative estimate of drug-likeness (QED) is 0.470. The third-order valence-corrected chi connectivity index (χ3v) is 7.63. The molecule has 2 rings (SSSR count). The van der Waals surface area contributed by atoms with Crippen LogP contribution in [0.25, 0.3) is 0 Å². The molecule has 2 fully saturated rings. The van der Waals surface area contributed by atoms with Crippen LogP contribution in [-0.4, -0.2) is 36.6 Å². The van der Waals surface area contributed by atoms with Crippen molar-refractivity contribution in [2.75, 3.05) is 19.6 Å². The molecule has 4 heteroatoms. The van der Waals surface area contributed by atoms with E-state index in [1.807, 2.05) is 0 Å². The number of nitrogens with zero attached hydrogens (tertiary/aromatic N) is 1. The Hall–Kier alpha value is 0.500. The molecule has 0 aromatic carbocycles. The van der Waals surface area contributed by atoms with Gasteiger partial charge in [0.05, 0.1) is 0 Å². The Balaban J connectivity index is 0.00000312. The molecular weight excluding hydrogens is 363 g/mol. The van der Waals surface area contributed by atoms with Gasteiger partial charge in [-0.25, -0.2) is 0 Å². The molecule has 1 saturated heterocycles. The highest BCUT2D eigenvalue weighted by Gasteiger charge is 2.48. The molecule has 1 aliphatic carbocycles. The third-order valence-electron chi connectivity index (χ3n) is 7.63. The Labute approximate surface area is 176 Å². The van der Waals surface area contributed by atoms with Crippen LogP contribution in [0, 0.1) is 10.8 Å². The van der Waals surface area contributed by atoms with Crippen LogP contribution >= 0.6 is 24.8 Å². The molecule has 2 aliphatic rings. The predicted octanol–water partition coefficient (Wildman–Crippen LogP) is 6.46. The maximum atomic E-state index is 3.92. The van der Waals surface area contributed by atoms with Crippen LogP contribution in [0.4, 0.5) is 0 Å². The van der Waals surface area contributed by atoms with Gasteiger partial charge in [-0.2, -0.15) is 0 Å². The van der Waals surface area contributed by atoms with Crippen molar-refractivity contribution in [1.82, 2.24) is 10.2 Å². The molecule has 2 unspecified atom stereocenters. The summed E-state index contributed by atoms with van der Waals surface area (Å²) >= 11 is 0. The van der Waals surface area contributed by atoms with Crippen molar-refractivity contribution < 1.29 is 0 Å². The fourth-order valence-corrected chi connectivity index (χ4v) is 6.12. The Morgan fingerprint density at radius 3 is 1.88 bits per heavy atom. The molecule has 0 aromatic rings. The first-order chi connectivity index (χ1) is 11.5. The Morgan fingerprint density at radius 2 is 1.42 bits per heavy atom. The summed E-state index contributed by atoms with van der Waals surface area (Å²) < 4.78 is 0. The Morgan fingerprint density at radius 1 is 0.885 bits per heavy atom. The van der Waals surface area contributed by atoms with Crippen LogP contribution in [0.3, 0.4) is 0 Å². The lowest BCUT2D eigenvalue weighted by Gasteiger charge is -2.48. The number of hydrogen-bond donors (Lipinski definition) is 1. The zero-order valence-electron chi connectivity index (χ0n) is 18.1. The van der Waals surface area contributed by atoms with Crippen molar-refractivity contribution >= 4 is 24.8 Å². The molecule has 0 bridgehead atoms. The molecule has 1 spiro atoms. The van der Waals surface area contributed by atoms with Crippen LogP contribution in [0.1, 0.15) is 98.8 Å². The summed E-state index contributed by atoms with van der Waals surface area (Å²) in [5.41, 5.74) is 1.30. The van der Waals surface area contributed by atoms with Crippen molar-refractivity contribution in [3.63, 3.8) is 0 Å². The van der Waals surface area contributed by atoms with E-state index in [-0.39, 0.29) is 24.8 Å². The van der Waals surface area contributed by atoms with E-state index in [1.54, 1.807) is 0 Å². The van der Waals surface area contributed by atoms with E-state index in [4.69, 9.17) is 0 Å². The summed E-state index contributed by atoms with van der Waals surface area (Å²) in [6.45, 7) is 15.5. The summed E-state index contributed by atoms with van der Waals surface area (Å²) in [7, 11) is 0. The molecule has 0 aromatic heterocycles. The SMILES string of the molecule is CCCC1(CCC)CCC2(CCNC2CC(C)N(CC)CC)CC1.Cl.Cl. The lowest BCUT2D eigenvalue weighted by Crippen LogP contribution is -2.46. The van der Waals surface area contributed by atoms with E-state index in [0.29, 0.717) is 16.9 Å². The maximum Gasteiger partial charge on any atom is 0.0139 e. The van der Waals surface area contributed by atoms with E-state index in [1.165, 1.54) is 83.8 Å². The van der Waals surface area contributed by atoms with Gasteiger partial charge in [0, 0.05) is 12.1 Å². The van der Waals surface area contributed by atoms with Crippen LogP contribution in [0.2, 0.25) is 0 Å². The van der Waals surface area contributed by atoms with Gasteiger partial charge in [-0.3, -0.25) is 0 Å². The van der Waals surface area contributed by atoms with E-state index < -0.39 is 0 Å². The number of nitrogens with one attached hydrogen (secondary N) is 1. The first-order valence-corrected chi connectivity index (χ1v) is 11.0. The second kappa shape index (κ2) is 12.1. The van der Waals surface area contributed by atoms with Crippen molar-refractivity contribution in [3.05, 3.63) is 0 Å². The smallest absolute Gasteiger partial charge is 0.0139 e. The molecule has 0 amide bonds.